The van der Waals surface area contributed by atoms with Crippen LogP contribution < -0.4 is 5.32 Å². The van der Waals surface area contributed by atoms with E-state index in [9.17, 15) is 4.79 Å². The van der Waals surface area contributed by atoms with Crippen molar-refractivity contribution in [2.75, 3.05) is 12.3 Å². The first-order valence-corrected chi connectivity index (χ1v) is 6.43. The number of hydrogen-bond acceptors (Lipinski definition) is 3. The average Bonchev–Trinajstić information content (AvgIpc) is 2.29. The van der Waals surface area contributed by atoms with Gasteiger partial charge < -0.3 is 10.4 Å². The predicted octanol–water partition coefficient (Wildman–Crippen LogP) is 1.98. The summed E-state index contributed by atoms with van der Waals surface area (Å²) in [6.45, 7) is 2.38. The Morgan fingerprint density at radius 1 is 1.44 bits per heavy atom. The lowest BCUT2D eigenvalue weighted by Crippen LogP contribution is -2.35. The average molecular weight is 239 g/mol. The summed E-state index contributed by atoms with van der Waals surface area (Å²) in [6.07, 6.45) is 0. The second kappa shape index (κ2) is 7.30. The summed E-state index contributed by atoms with van der Waals surface area (Å²) in [5.41, 5.74) is 1.30. The second-order valence-corrected chi connectivity index (χ2v) is 4.66. The molecule has 0 aliphatic carbocycles. The van der Waals surface area contributed by atoms with Crippen LogP contribution in [-0.4, -0.2) is 29.4 Å². The van der Waals surface area contributed by atoms with Gasteiger partial charge in [-0.1, -0.05) is 30.3 Å². The number of rotatable bonds is 7. The molecule has 1 rings (SSSR count). The van der Waals surface area contributed by atoms with Crippen LogP contribution in [-0.2, 0) is 10.5 Å². The third-order valence-electron chi connectivity index (χ3n) is 2.18. The first kappa shape index (κ1) is 13.1. The number of hydrogen-bond donors (Lipinski definition) is 2. The fraction of sp³-hybridized carbons (Fsp3) is 0.417. The zero-order chi connectivity index (χ0) is 11.8. The Balaban J connectivity index is 2.07. The first-order valence-electron chi connectivity index (χ1n) is 5.28. The molecule has 0 amide bonds. The maximum absolute atomic E-state index is 10.5. The minimum Gasteiger partial charge on any atom is -0.480 e. The van der Waals surface area contributed by atoms with E-state index in [1.165, 1.54) is 5.56 Å². The molecule has 0 saturated heterocycles. The molecule has 3 nitrogen and oxygen atoms in total. The van der Waals surface area contributed by atoms with Crippen LogP contribution >= 0.6 is 11.8 Å². The molecule has 1 unspecified atom stereocenters. The van der Waals surface area contributed by atoms with Gasteiger partial charge in [-0.2, -0.15) is 11.8 Å². The Bertz CT molecular complexity index is 316. The summed E-state index contributed by atoms with van der Waals surface area (Å²) in [5, 5.41) is 11.6. The molecule has 1 atom stereocenters. The lowest BCUT2D eigenvalue weighted by molar-refractivity contribution is -0.138. The number of carboxylic acids is 1. The molecule has 0 saturated carbocycles. The zero-order valence-electron chi connectivity index (χ0n) is 9.35. The van der Waals surface area contributed by atoms with Crippen molar-refractivity contribution in [3.63, 3.8) is 0 Å². The minimum atomic E-state index is -0.798. The highest BCUT2D eigenvalue weighted by Gasteiger charge is 2.08. The van der Waals surface area contributed by atoms with Crippen molar-refractivity contribution < 1.29 is 9.90 Å². The molecule has 2 N–H and O–H groups in total. The molecule has 0 aliphatic heterocycles. The van der Waals surface area contributed by atoms with E-state index >= 15 is 0 Å². The van der Waals surface area contributed by atoms with Crippen LogP contribution in [0.5, 0.6) is 0 Å². The van der Waals surface area contributed by atoms with Gasteiger partial charge in [0.1, 0.15) is 6.04 Å². The van der Waals surface area contributed by atoms with Gasteiger partial charge in [0.25, 0.3) is 0 Å². The van der Waals surface area contributed by atoms with Gasteiger partial charge in [-0.25, -0.2) is 0 Å². The van der Waals surface area contributed by atoms with Gasteiger partial charge >= 0.3 is 5.97 Å². The standard InChI is InChI=1S/C12H17NO2S/c1-10(12(14)15)13-7-8-16-9-11-5-3-2-4-6-11/h2-6,10,13H,7-9H2,1H3,(H,14,15). The fourth-order valence-corrected chi connectivity index (χ4v) is 2.03. The van der Waals surface area contributed by atoms with Crippen molar-refractivity contribution in [3.05, 3.63) is 35.9 Å². The number of carbonyl (C=O) groups is 1. The quantitative estimate of drug-likeness (QED) is 0.714. The summed E-state index contributed by atoms with van der Waals surface area (Å²) >= 11 is 1.80. The van der Waals surface area contributed by atoms with Crippen molar-refractivity contribution in [1.29, 1.82) is 0 Å². The SMILES string of the molecule is CC(NCCSCc1ccccc1)C(=O)O. The third kappa shape index (κ3) is 5.19. The van der Waals surface area contributed by atoms with Crippen LogP contribution in [0.3, 0.4) is 0 Å². The number of thioether (sulfide) groups is 1. The van der Waals surface area contributed by atoms with E-state index in [1.54, 1.807) is 18.7 Å². The molecule has 0 bridgehead atoms. The van der Waals surface area contributed by atoms with Gasteiger partial charge in [-0.15, -0.1) is 0 Å². The highest BCUT2D eigenvalue weighted by atomic mass is 32.2. The van der Waals surface area contributed by atoms with Crippen LogP contribution in [0.4, 0.5) is 0 Å². The summed E-state index contributed by atoms with van der Waals surface area (Å²) in [7, 11) is 0. The van der Waals surface area contributed by atoms with Gasteiger partial charge in [-0.05, 0) is 12.5 Å². The van der Waals surface area contributed by atoms with E-state index in [0.29, 0.717) is 0 Å². The van der Waals surface area contributed by atoms with Crippen molar-refractivity contribution in [1.82, 2.24) is 5.32 Å². The summed E-state index contributed by atoms with van der Waals surface area (Å²) in [5.74, 6) is 1.10. The minimum absolute atomic E-state index is 0.461. The van der Waals surface area contributed by atoms with E-state index in [0.717, 1.165) is 18.1 Å². The van der Waals surface area contributed by atoms with Crippen molar-refractivity contribution in [3.8, 4) is 0 Å². The Kier molecular flexibility index (Phi) is 5.96. The molecule has 0 heterocycles. The second-order valence-electron chi connectivity index (χ2n) is 3.55. The number of benzene rings is 1. The van der Waals surface area contributed by atoms with Gasteiger partial charge in [0, 0.05) is 18.1 Å². The number of aliphatic carboxylic acids is 1. The Morgan fingerprint density at radius 3 is 2.75 bits per heavy atom. The largest absolute Gasteiger partial charge is 0.480 e. The molecule has 0 spiro atoms. The number of nitrogens with one attached hydrogen (secondary N) is 1. The molecule has 16 heavy (non-hydrogen) atoms. The highest BCUT2D eigenvalue weighted by Crippen LogP contribution is 2.10. The van der Waals surface area contributed by atoms with E-state index in [-0.39, 0.29) is 0 Å². The Labute approximate surface area is 100 Å². The van der Waals surface area contributed by atoms with E-state index in [1.807, 2.05) is 18.2 Å². The lowest BCUT2D eigenvalue weighted by atomic mass is 10.2. The van der Waals surface area contributed by atoms with E-state index in [2.05, 4.69) is 17.4 Å². The predicted molar refractivity (Wildman–Crippen MR) is 67.7 cm³/mol. The Hall–Kier alpha value is -1.00. The third-order valence-corrected chi connectivity index (χ3v) is 3.21. The van der Waals surface area contributed by atoms with Crippen LogP contribution in [0.15, 0.2) is 30.3 Å². The first-order chi connectivity index (χ1) is 7.70. The van der Waals surface area contributed by atoms with Crippen molar-refractivity contribution in [2.45, 2.75) is 18.7 Å². The van der Waals surface area contributed by atoms with E-state index < -0.39 is 12.0 Å². The zero-order valence-corrected chi connectivity index (χ0v) is 10.2. The smallest absolute Gasteiger partial charge is 0.320 e. The monoisotopic (exact) mass is 239 g/mol. The van der Waals surface area contributed by atoms with Crippen LogP contribution in [0.1, 0.15) is 12.5 Å². The summed E-state index contributed by atoms with van der Waals surface area (Å²) < 4.78 is 0. The van der Waals surface area contributed by atoms with Crippen LogP contribution in [0, 0.1) is 0 Å². The molecule has 0 aromatic heterocycles. The Morgan fingerprint density at radius 2 is 2.12 bits per heavy atom. The van der Waals surface area contributed by atoms with Crippen molar-refractivity contribution in [2.24, 2.45) is 0 Å². The van der Waals surface area contributed by atoms with Gasteiger partial charge in [0.05, 0.1) is 0 Å². The molecule has 1 aromatic carbocycles. The fourth-order valence-electron chi connectivity index (χ4n) is 1.20. The summed E-state index contributed by atoms with van der Waals surface area (Å²) in [4.78, 5) is 10.5. The molecule has 0 fully saturated rings. The molecule has 4 heteroatoms. The van der Waals surface area contributed by atoms with Gasteiger partial charge in [0.15, 0.2) is 0 Å². The van der Waals surface area contributed by atoms with E-state index in [4.69, 9.17) is 5.11 Å². The summed E-state index contributed by atoms with van der Waals surface area (Å²) in [6, 6.07) is 9.80. The maximum atomic E-state index is 10.5. The van der Waals surface area contributed by atoms with Gasteiger partial charge in [-0.3, -0.25) is 4.79 Å². The molecule has 1 aromatic rings. The van der Waals surface area contributed by atoms with Crippen LogP contribution in [0.2, 0.25) is 0 Å². The molecule has 0 radical (unpaired) electrons. The molecular formula is C12H17NO2S. The van der Waals surface area contributed by atoms with Gasteiger partial charge in [0.2, 0.25) is 0 Å². The molecular weight excluding hydrogens is 222 g/mol. The molecule has 88 valence electrons. The highest BCUT2D eigenvalue weighted by molar-refractivity contribution is 7.98. The maximum Gasteiger partial charge on any atom is 0.320 e. The normalized spacial score (nSPS) is 12.3. The molecule has 0 aliphatic rings. The topological polar surface area (TPSA) is 49.3 Å². The number of carboxylic acid groups (broad SMARTS) is 1. The van der Waals surface area contributed by atoms with Crippen molar-refractivity contribution >= 4 is 17.7 Å². The van der Waals surface area contributed by atoms with Crippen LogP contribution in [0.25, 0.3) is 0 Å². The lowest BCUT2D eigenvalue weighted by Gasteiger charge is -2.08.